The van der Waals surface area contributed by atoms with Crippen LogP contribution in [0.1, 0.15) is 5.56 Å². The number of hydrogen-bond donors (Lipinski definition) is 1. The Morgan fingerprint density at radius 3 is 3.06 bits per heavy atom. The second-order valence-corrected chi connectivity index (χ2v) is 3.91. The third-order valence-corrected chi connectivity index (χ3v) is 2.59. The smallest absolute Gasteiger partial charge is 0.212 e. The SMILES string of the molecule is COc1ccc(CNCC2COCCO2)cn1. The predicted molar refractivity (Wildman–Crippen MR) is 63.1 cm³/mol. The minimum Gasteiger partial charge on any atom is -0.481 e. The number of pyridine rings is 1. The summed E-state index contributed by atoms with van der Waals surface area (Å²) in [6, 6.07) is 3.86. The fourth-order valence-corrected chi connectivity index (χ4v) is 1.67. The summed E-state index contributed by atoms with van der Waals surface area (Å²) in [6.45, 7) is 3.64. The van der Waals surface area contributed by atoms with Crippen LogP contribution in [0.15, 0.2) is 18.3 Å². The normalized spacial score (nSPS) is 20.2. The van der Waals surface area contributed by atoms with Crippen molar-refractivity contribution in [1.29, 1.82) is 0 Å². The molecule has 0 saturated carbocycles. The Morgan fingerprint density at radius 1 is 1.47 bits per heavy atom. The van der Waals surface area contributed by atoms with Gasteiger partial charge in [-0.15, -0.1) is 0 Å². The molecule has 0 aromatic carbocycles. The summed E-state index contributed by atoms with van der Waals surface area (Å²) in [5.74, 6) is 0.637. The van der Waals surface area contributed by atoms with Gasteiger partial charge in [-0.1, -0.05) is 6.07 Å². The molecule has 5 nitrogen and oxygen atoms in total. The Balaban J connectivity index is 1.69. The average molecular weight is 238 g/mol. The lowest BCUT2D eigenvalue weighted by Gasteiger charge is -2.23. The summed E-state index contributed by atoms with van der Waals surface area (Å²) in [6.07, 6.45) is 1.97. The van der Waals surface area contributed by atoms with Crippen molar-refractivity contribution in [3.8, 4) is 5.88 Å². The van der Waals surface area contributed by atoms with Gasteiger partial charge in [0.05, 0.1) is 33.0 Å². The number of hydrogen-bond acceptors (Lipinski definition) is 5. The second-order valence-electron chi connectivity index (χ2n) is 3.91. The minimum atomic E-state index is 0.162. The van der Waals surface area contributed by atoms with E-state index in [-0.39, 0.29) is 6.10 Å². The summed E-state index contributed by atoms with van der Waals surface area (Å²) in [7, 11) is 1.61. The van der Waals surface area contributed by atoms with E-state index < -0.39 is 0 Å². The lowest BCUT2D eigenvalue weighted by molar-refractivity contribution is -0.0864. The Labute approximate surface area is 101 Å². The molecule has 1 aromatic heterocycles. The van der Waals surface area contributed by atoms with Crippen molar-refractivity contribution in [3.05, 3.63) is 23.9 Å². The van der Waals surface area contributed by atoms with Crippen LogP contribution in [0.2, 0.25) is 0 Å². The fraction of sp³-hybridized carbons (Fsp3) is 0.583. The van der Waals surface area contributed by atoms with Gasteiger partial charge in [-0.05, 0) is 5.56 Å². The van der Waals surface area contributed by atoms with Gasteiger partial charge in [0.2, 0.25) is 5.88 Å². The maximum atomic E-state index is 5.53. The Kier molecular flexibility index (Phi) is 4.73. The van der Waals surface area contributed by atoms with Crippen LogP contribution in [0.3, 0.4) is 0 Å². The first-order valence-electron chi connectivity index (χ1n) is 5.77. The van der Waals surface area contributed by atoms with E-state index in [0.29, 0.717) is 25.7 Å². The first kappa shape index (κ1) is 12.3. The molecule has 1 N–H and O–H groups in total. The molecular weight excluding hydrogens is 220 g/mol. The summed E-state index contributed by atoms with van der Waals surface area (Å²) >= 11 is 0. The summed E-state index contributed by atoms with van der Waals surface area (Å²) < 4.78 is 15.9. The number of aromatic nitrogens is 1. The molecule has 0 amide bonds. The van der Waals surface area contributed by atoms with Crippen LogP contribution in [0.5, 0.6) is 5.88 Å². The molecule has 1 fully saturated rings. The molecule has 1 aromatic rings. The van der Waals surface area contributed by atoms with Crippen molar-refractivity contribution in [2.45, 2.75) is 12.6 Å². The van der Waals surface area contributed by atoms with E-state index in [2.05, 4.69) is 10.3 Å². The van der Waals surface area contributed by atoms with Crippen LogP contribution in [0, 0.1) is 0 Å². The van der Waals surface area contributed by atoms with Gasteiger partial charge in [0.1, 0.15) is 0 Å². The maximum absolute atomic E-state index is 5.53. The third kappa shape index (κ3) is 3.96. The lowest BCUT2D eigenvalue weighted by Crippen LogP contribution is -2.37. The molecule has 1 aliphatic rings. The molecule has 0 aliphatic carbocycles. The highest BCUT2D eigenvalue weighted by Gasteiger charge is 2.13. The highest BCUT2D eigenvalue weighted by Crippen LogP contribution is 2.06. The molecule has 1 atom stereocenters. The quantitative estimate of drug-likeness (QED) is 0.814. The second kappa shape index (κ2) is 6.54. The summed E-state index contributed by atoms with van der Waals surface area (Å²) in [4.78, 5) is 4.14. The molecule has 5 heteroatoms. The van der Waals surface area contributed by atoms with Crippen molar-refractivity contribution in [3.63, 3.8) is 0 Å². The fourth-order valence-electron chi connectivity index (χ4n) is 1.67. The van der Waals surface area contributed by atoms with E-state index in [4.69, 9.17) is 14.2 Å². The third-order valence-electron chi connectivity index (χ3n) is 2.59. The van der Waals surface area contributed by atoms with E-state index in [9.17, 15) is 0 Å². The number of ether oxygens (including phenoxy) is 3. The zero-order valence-electron chi connectivity index (χ0n) is 10.0. The van der Waals surface area contributed by atoms with Crippen LogP contribution >= 0.6 is 0 Å². The molecule has 1 aliphatic heterocycles. The Morgan fingerprint density at radius 2 is 2.41 bits per heavy atom. The Bertz CT molecular complexity index is 323. The first-order valence-corrected chi connectivity index (χ1v) is 5.77. The van der Waals surface area contributed by atoms with Gasteiger partial charge in [-0.3, -0.25) is 0 Å². The minimum absolute atomic E-state index is 0.162. The van der Waals surface area contributed by atoms with Gasteiger partial charge in [-0.2, -0.15) is 0 Å². The first-order chi connectivity index (χ1) is 8.38. The number of rotatable bonds is 5. The van der Waals surface area contributed by atoms with Crippen molar-refractivity contribution in [2.75, 3.05) is 33.5 Å². The number of nitrogens with one attached hydrogen (secondary N) is 1. The van der Waals surface area contributed by atoms with Crippen molar-refractivity contribution < 1.29 is 14.2 Å². The maximum Gasteiger partial charge on any atom is 0.212 e. The largest absolute Gasteiger partial charge is 0.481 e. The number of nitrogens with zero attached hydrogens (tertiary/aromatic N) is 1. The molecule has 17 heavy (non-hydrogen) atoms. The standard InChI is InChI=1S/C12H18N2O3/c1-15-12-3-2-10(7-14-12)6-13-8-11-9-16-4-5-17-11/h2-3,7,11,13H,4-6,8-9H2,1H3. The summed E-state index contributed by atoms with van der Waals surface area (Å²) in [5.41, 5.74) is 1.13. The van der Waals surface area contributed by atoms with Gasteiger partial charge < -0.3 is 19.5 Å². The van der Waals surface area contributed by atoms with Gasteiger partial charge in [-0.25, -0.2) is 4.98 Å². The molecule has 2 heterocycles. The Hall–Kier alpha value is -1.17. The van der Waals surface area contributed by atoms with Gasteiger partial charge in [0.25, 0.3) is 0 Å². The molecule has 94 valence electrons. The van der Waals surface area contributed by atoms with Gasteiger partial charge >= 0.3 is 0 Å². The number of methoxy groups -OCH3 is 1. The van der Waals surface area contributed by atoms with Crippen molar-refractivity contribution in [1.82, 2.24) is 10.3 Å². The molecule has 0 bridgehead atoms. The van der Waals surface area contributed by atoms with Crippen LogP contribution in [-0.4, -0.2) is 44.6 Å². The molecule has 0 spiro atoms. The van der Waals surface area contributed by atoms with E-state index >= 15 is 0 Å². The van der Waals surface area contributed by atoms with Crippen molar-refractivity contribution in [2.24, 2.45) is 0 Å². The topological polar surface area (TPSA) is 52.6 Å². The molecule has 1 unspecified atom stereocenters. The van der Waals surface area contributed by atoms with E-state index in [1.807, 2.05) is 18.3 Å². The lowest BCUT2D eigenvalue weighted by atomic mass is 10.2. The molecular formula is C12H18N2O3. The van der Waals surface area contributed by atoms with Gasteiger partial charge in [0.15, 0.2) is 0 Å². The van der Waals surface area contributed by atoms with Crippen LogP contribution < -0.4 is 10.1 Å². The van der Waals surface area contributed by atoms with Crippen LogP contribution in [0.4, 0.5) is 0 Å². The van der Waals surface area contributed by atoms with Gasteiger partial charge in [0, 0.05) is 25.4 Å². The van der Waals surface area contributed by atoms with Crippen LogP contribution in [-0.2, 0) is 16.0 Å². The van der Waals surface area contributed by atoms with E-state index in [1.165, 1.54) is 0 Å². The molecule has 2 rings (SSSR count). The van der Waals surface area contributed by atoms with Crippen molar-refractivity contribution >= 4 is 0 Å². The zero-order chi connectivity index (χ0) is 11.9. The average Bonchev–Trinajstić information content (AvgIpc) is 2.41. The van der Waals surface area contributed by atoms with Crippen LogP contribution in [0.25, 0.3) is 0 Å². The predicted octanol–water partition coefficient (Wildman–Crippen LogP) is 0.595. The molecule has 1 saturated heterocycles. The molecule has 0 radical (unpaired) electrons. The monoisotopic (exact) mass is 238 g/mol. The highest BCUT2D eigenvalue weighted by molar-refractivity contribution is 5.17. The summed E-state index contributed by atoms with van der Waals surface area (Å²) in [5, 5.41) is 3.32. The zero-order valence-corrected chi connectivity index (χ0v) is 10.0. The highest BCUT2D eigenvalue weighted by atomic mass is 16.6. The van der Waals surface area contributed by atoms with E-state index in [0.717, 1.165) is 18.7 Å². The van der Waals surface area contributed by atoms with E-state index in [1.54, 1.807) is 7.11 Å².